The molecule has 2 heterocycles. The summed E-state index contributed by atoms with van der Waals surface area (Å²) in [5.74, 6) is 1.09. The van der Waals surface area contributed by atoms with E-state index < -0.39 is 0 Å². The first-order valence-electron chi connectivity index (χ1n) is 3.80. The van der Waals surface area contributed by atoms with Crippen LogP contribution in [0.1, 0.15) is 5.82 Å². The van der Waals surface area contributed by atoms with Crippen molar-refractivity contribution in [2.75, 3.05) is 0 Å². The Balaban J connectivity index is 2.42. The van der Waals surface area contributed by atoms with Gasteiger partial charge in [-0.2, -0.15) is 0 Å². The lowest BCUT2D eigenvalue weighted by Crippen LogP contribution is -1.98. The maximum absolute atomic E-state index is 3.90. The Kier molecular flexibility index (Phi) is 1.91. The van der Waals surface area contributed by atoms with E-state index in [-0.39, 0.29) is 0 Å². The van der Waals surface area contributed by atoms with Crippen molar-refractivity contribution in [2.24, 2.45) is 0 Å². The Morgan fingerprint density at radius 3 is 2.15 bits per heavy atom. The van der Waals surface area contributed by atoms with E-state index in [1.807, 2.05) is 12.1 Å². The molecule has 2 aromatic rings. The van der Waals surface area contributed by atoms with Crippen LogP contribution in [0, 0.1) is 6.92 Å². The lowest BCUT2D eigenvalue weighted by molar-refractivity contribution is 0.816. The normalized spacial score (nSPS) is 9.92. The van der Waals surface area contributed by atoms with Crippen LogP contribution in [0.25, 0.3) is 11.4 Å². The molecule has 0 amide bonds. The van der Waals surface area contributed by atoms with Gasteiger partial charge >= 0.3 is 0 Å². The van der Waals surface area contributed by atoms with E-state index in [1.165, 1.54) is 0 Å². The topological polar surface area (TPSA) is 64.5 Å². The maximum atomic E-state index is 3.90. The van der Waals surface area contributed by atoms with Crippen molar-refractivity contribution in [1.29, 1.82) is 0 Å². The molecule has 0 aliphatic heterocycles. The third-order valence-electron chi connectivity index (χ3n) is 1.52. The first-order valence-corrected chi connectivity index (χ1v) is 3.80. The summed E-state index contributed by atoms with van der Waals surface area (Å²) in [7, 11) is 0. The molecule has 5 nitrogen and oxygen atoms in total. The fraction of sp³-hybridized carbons (Fsp3) is 0.125. The highest BCUT2D eigenvalue weighted by molar-refractivity contribution is 5.51. The number of aryl methyl sites for hydroxylation is 1. The van der Waals surface area contributed by atoms with Crippen molar-refractivity contribution in [3.8, 4) is 11.4 Å². The van der Waals surface area contributed by atoms with Crippen LogP contribution in [-0.4, -0.2) is 25.4 Å². The van der Waals surface area contributed by atoms with Crippen LogP contribution in [0.2, 0.25) is 0 Å². The van der Waals surface area contributed by atoms with E-state index in [0.29, 0.717) is 11.6 Å². The maximum Gasteiger partial charge on any atom is 0.203 e. The highest BCUT2D eigenvalue weighted by atomic mass is 15.3. The molecule has 5 heteroatoms. The summed E-state index contributed by atoms with van der Waals surface area (Å²) in [6.45, 7) is 1.75. The van der Waals surface area contributed by atoms with Crippen LogP contribution in [0.5, 0.6) is 0 Å². The zero-order valence-corrected chi connectivity index (χ0v) is 7.05. The molecule has 0 unspecified atom stereocenters. The van der Waals surface area contributed by atoms with Crippen molar-refractivity contribution < 1.29 is 0 Å². The van der Waals surface area contributed by atoms with E-state index in [0.717, 1.165) is 5.56 Å². The van der Waals surface area contributed by atoms with E-state index in [9.17, 15) is 0 Å². The summed E-state index contributed by atoms with van der Waals surface area (Å²) in [4.78, 5) is 3.89. The number of hydrogen-bond donors (Lipinski definition) is 0. The Morgan fingerprint density at radius 1 is 0.923 bits per heavy atom. The van der Waals surface area contributed by atoms with Gasteiger partial charge in [-0.25, -0.2) is 0 Å². The molecule has 0 N–H and O–H groups in total. The van der Waals surface area contributed by atoms with Crippen LogP contribution in [0.4, 0.5) is 0 Å². The number of nitrogens with zero attached hydrogens (tertiary/aromatic N) is 5. The SMILES string of the molecule is Cc1nnc(-c2ccncc2)nn1. The predicted octanol–water partition coefficient (Wildman–Crippen LogP) is 0.637. The van der Waals surface area contributed by atoms with Gasteiger partial charge in [-0.05, 0) is 19.1 Å². The molecule has 64 valence electrons. The number of pyridine rings is 1. The summed E-state index contributed by atoms with van der Waals surface area (Å²) < 4.78 is 0. The van der Waals surface area contributed by atoms with Gasteiger partial charge in [0.2, 0.25) is 5.82 Å². The van der Waals surface area contributed by atoms with E-state index >= 15 is 0 Å². The Morgan fingerprint density at radius 2 is 1.54 bits per heavy atom. The van der Waals surface area contributed by atoms with Gasteiger partial charge in [0, 0.05) is 18.0 Å². The summed E-state index contributed by atoms with van der Waals surface area (Å²) in [6.07, 6.45) is 3.36. The van der Waals surface area contributed by atoms with E-state index in [4.69, 9.17) is 0 Å². The Hall–Kier alpha value is -1.91. The zero-order valence-electron chi connectivity index (χ0n) is 7.05. The highest BCUT2D eigenvalue weighted by Gasteiger charge is 2.00. The van der Waals surface area contributed by atoms with E-state index in [1.54, 1.807) is 19.3 Å². The fourth-order valence-electron chi connectivity index (χ4n) is 0.896. The third kappa shape index (κ3) is 1.64. The van der Waals surface area contributed by atoms with Crippen molar-refractivity contribution >= 4 is 0 Å². The summed E-state index contributed by atoms with van der Waals surface area (Å²) >= 11 is 0. The minimum absolute atomic E-state index is 0.521. The standard InChI is InChI=1S/C8H7N5/c1-6-10-12-8(13-11-6)7-2-4-9-5-3-7/h2-5H,1H3. The lowest BCUT2D eigenvalue weighted by Gasteiger charge is -1.95. The number of hydrogen-bond acceptors (Lipinski definition) is 5. The molecule has 0 aromatic carbocycles. The van der Waals surface area contributed by atoms with Gasteiger partial charge in [0.25, 0.3) is 0 Å². The molecule has 0 saturated carbocycles. The first kappa shape index (κ1) is 7.72. The van der Waals surface area contributed by atoms with E-state index in [2.05, 4.69) is 25.4 Å². The summed E-state index contributed by atoms with van der Waals surface area (Å²) in [6, 6.07) is 3.63. The fourth-order valence-corrected chi connectivity index (χ4v) is 0.896. The van der Waals surface area contributed by atoms with Gasteiger partial charge in [0.15, 0.2) is 5.82 Å². The third-order valence-corrected chi connectivity index (χ3v) is 1.52. The number of aromatic nitrogens is 5. The van der Waals surface area contributed by atoms with Crippen molar-refractivity contribution in [3.63, 3.8) is 0 Å². The molecule has 2 rings (SSSR count). The average Bonchev–Trinajstić information content (AvgIpc) is 2.20. The van der Waals surface area contributed by atoms with Crippen LogP contribution in [-0.2, 0) is 0 Å². The molecule has 0 bridgehead atoms. The van der Waals surface area contributed by atoms with Gasteiger partial charge in [-0.3, -0.25) is 4.98 Å². The molecular formula is C8H7N5. The lowest BCUT2D eigenvalue weighted by atomic mass is 10.3. The van der Waals surface area contributed by atoms with Crippen LogP contribution in [0.3, 0.4) is 0 Å². The van der Waals surface area contributed by atoms with Crippen LogP contribution < -0.4 is 0 Å². The van der Waals surface area contributed by atoms with Gasteiger partial charge in [0.1, 0.15) is 0 Å². The van der Waals surface area contributed by atoms with Gasteiger partial charge in [-0.15, -0.1) is 20.4 Å². The predicted molar refractivity (Wildman–Crippen MR) is 45.6 cm³/mol. The molecule has 0 saturated heterocycles. The number of rotatable bonds is 1. The van der Waals surface area contributed by atoms with Gasteiger partial charge < -0.3 is 0 Å². The minimum Gasteiger partial charge on any atom is -0.265 e. The smallest absolute Gasteiger partial charge is 0.203 e. The van der Waals surface area contributed by atoms with Crippen LogP contribution >= 0.6 is 0 Å². The highest BCUT2D eigenvalue weighted by Crippen LogP contribution is 2.09. The molecule has 0 fully saturated rings. The second-order valence-corrected chi connectivity index (χ2v) is 2.51. The monoisotopic (exact) mass is 173 g/mol. The first-order chi connectivity index (χ1) is 6.36. The second-order valence-electron chi connectivity index (χ2n) is 2.51. The van der Waals surface area contributed by atoms with Gasteiger partial charge in [0.05, 0.1) is 0 Å². The molecular weight excluding hydrogens is 166 g/mol. The quantitative estimate of drug-likeness (QED) is 0.633. The zero-order chi connectivity index (χ0) is 9.10. The molecule has 2 aromatic heterocycles. The molecule has 0 atom stereocenters. The minimum atomic E-state index is 0.521. The summed E-state index contributed by atoms with van der Waals surface area (Å²) in [5.41, 5.74) is 0.870. The molecule has 0 radical (unpaired) electrons. The van der Waals surface area contributed by atoms with Crippen molar-refractivity contribution in [3.05, 3.63) is 30.4 Å². The molecule has 0 spiro atoms. The van der Waals surface area contributed by atoms with Gasteiger partial charge in [-0.1, -0.05) is 0 Å². The largest absolute Gasteiger partial charge is 0.265 e. The second kappa shape index (κ2) is 3.22. The molecule has 13 heavy (non-hydrogen) atoms. The van der Waals surface area contributed by atoms with Crippen LogP contribution in [0.15, 0.2) is 24.5 Å². The van der Waals surface area contributed by atoms with Crippen molar-refractivity contribution in [1.82, 2.24) is 25.4 Å². The Bertz CT molecular complexity index is 383. The Labute approximate surface area is 74.9 Å². The summed E-state index contributed by atoms with van der Waals surface area (Å²) in [5, 5.41) is 15.4. The average molecular weight is 173 g/mol. The molecule has 0 aliphatic carbocycles. The molecule has 0 aliphatic rings. The van der Waals surface area contributed by atoms with Crippen molar-refractivity contribution in [2.45, 2.75) is 6.92 Å².